The molecule has 1 amide bonds. The summed E-state index contributed by atoms with van der Waals surface area (Å²) in [7, 11) is 0. The number of benzene rings is 1. The molecule has 1 aromatic rings. The first-order valence-electron chi connectivity index (χ1n) is 5.57. The topological polar surface area (TPSA) is 86.6 Å². The average Bonchev–Trinajstić information content (AvgIpc) is 2.37. The van der Waals surface area contributed by atoms with Crippen LogP contribution in [0.1, 0.15) is 22.3 Å². The molecule has 0 heterocycles. The molecule has 0 saturated carbocycles. The average molecular weight is 291 g/mol. The third kappa shape index (κ3) is 4.23. The molecule has 0 fully saturated rings. The molecular weight excluding hydrogens is 279 g/mol. The lowest BCUT2D eigenvalue weighted by atomic mass is 10.1. The van der Waals surface area contributed by atoms with E-state index in [0.717, 1.165) is 18.2 Å². The molecule has 8 heteroatoms. The summed E-state index contributed by atoms with van der Waals surface area (Å²) in [5.74, 6) is -2.32. The number of carbonyl (C=O) groups is 2. The summed E-state index contributed by atoms with van der Waals surface area (Å²) in [6.45, 7) is -0.472. The largest absolute Gasteiger partial charge is 0.480 e. The number of hydrogen-bond donors (Lipinski definition) is 3. The molecular formula is C12H12F3NO4. The summed E-state index contributed by atoms with van der Waals surface area (Å²) in [6.07, 6.45) is -4.83. The van der Waals surface area contributed by atoms with Crippen molar-refractivity contribution in [3.05, 3.63) is 35.4 Å². The second-order valence-electron chi connectivity index (χ2n) is 3.96. The predicted octanol–water partition coefficient (Wildman–Crippen LogP) is 1.27. The number of amides is 1. The first-order chi connectivity index (χ1) is 9.25. The van der Waals surface area contributed by atoms with Crippen molar-refractivity contribution >= 4 is 11.9 Å². The molecule has 1 aromatic carbocycles. The van der Waals surface area contributed by atoms with E-state index in [9.17, 15) is 22.8 Å². The normalized spacial score (nSPS) is 12.8. The van der Waals surface area contributed by atoms with Gasteiger partial charge in [0.25, 0.3) is 5.91 Å². The Labute approximate surface area is 112 Å². The smallest absolute Gasteiger partial charge is 0.416 e. The Balaban J connectivity index is 2.89. The number of alkyl halides is 3. The van der Waals surface area contributed by atoms with E-state index in [-0.39, 0.29) is 12.0 Å². The molecule has 5 nitrogen and oxygen atoms in total. The Bertz CT molecular complexity index is 502. The zero-order valence-corrected chi connectivity index (χ0v) is 10.1. The van der Waals surface area contributed by atoms with E-state index in [1.165, 1.54) is 0 Å². The molecule has 110 valence electrons. The number of aliphatic carboxylic acids is 1. The van der Waals surface area contributed by atoms with Gasteiger partial charge in [-0.1, -0.05) is 6.07 Å². The van der Waals surface area contributed by atoms with Gasteiger partial charge >= 0.3 is 12.1 Å². The van der Waals surface area contributed by atoms with Crippen LogP contribution in [0.25, 0.3) is 0 Å². The molecule has 0 bridgehead atoms. The number of aliphatic hydroxyl groups excluding tert-OH is 1. The minimum absolute atomic E-state index is 0.236. The second kappa shape index (κ2) is 6.38. The van der Waals surface area contributed by atoms with Gasteiger partial charge in [0.05, 0.1) is 5.56 Å². The van der Waals surface area contributed by atoms with E-state index in [0.29, 0.717) is 6.07 Å². The molecule has 0 aromatic heterocycles. The number of halogens is 3. The highest BCUT2D eigenvalue weighted by atomic mass is 19.4. The van der Waals surface area contributed by atoms with Gasteiger partial charge in [-0.15, -0.1) is 0 Å². The maximum Gasteiger partial charge on any atom is 0.416 e. The molecule has 20 heavy (non-hydrogen) atoms. The van der Waals surface area contributed by atoms with Crippen LogP contribution in [-0.4, -0.2) is 34.7 Å². The van der Waals surface area contributed by atoms with Gasteiger partial charge < -0.3 is 15.5 Å². The van der Waals surface area contributed by atoms with Gasteiger partial charge in [-0.05, 0) is 18.2 Å². The monoisotopic (exact) mass is 291 g/mol. The van der Waals surface area contributed by atoms with Crippen LogP contribution in [0.2, 0.25) is 0 Å². The molecule has 0 aliphatic rings. The number of carbonyl (C=O) groups excluding carboxylic acids is 1. The molecule has 0 aliphatic heterocycles. The number of hydrogen-bond acceptors (Lipinski definition) is 3. The summed E-state index contributed by atoms with van der Waals surface area (Å²) in [4.78, 5) is 22.5. The number of carboxylic acid groups (broad SMARTS) is 1. The van der Waals surface area contributed by atoms with E-state index < -0.39 is 36.3 Å². The summed E-state index contributed by atoms with van der Waals surface area (Å²) in [5.41, 5.74) is -1.30. The maximum atomic E-state index is 12.5. The van der Waals surface area contributed by atoms with Crippen molar-refractivity contribution in [2.45, 2.75) is 18.6 Å². The molecule has 1 atom stereocenters. The van der Waals surface area contributed by atoms with Crippen molar-refractivity contribution < 1.29 is 33.0 Å². The number of nitrogens with one attached hydrogen (secondary N) is 1. The molecule has 0 aliphatic carbocycles. The number of rotatable bonds is 5. The summed E-state index contributed by atoms with van der Waals surface area (Å²) in [6, 6.07) is 2.27. The Morgan fingerprint density at radius 3 is 2.45 bits per heavy atom. The molecule has 3 N–H and O–H groups in total. The van der Waals surface area contributed by atoms with Crippen LogP contribution in [0.15, 0.2) is 24.3 Å². The SMILES string of the molecule is O=C(N[C@@H](CCO)C(=O)O)c1cccc(C(F)(F)F)c1. The highest BCUT2D eigenvalue weighted by molar-refractivity contribution is 5.96. The molecule has 1 rings (SSSR count). The minimum Gasteiger partial charge on any atom is -0.480 e. The second-order valence-corrected chi connectivity index (χ2v) is 3.96. The Morgan fingerprint density at radius 1 is 1.30 bits per heavy atom. The van der Waals surface area contributed by atoms with Gasteiger partial charge in [0.2, 0.25) is 0 Å². The van der Waals surface area contributed by atoms with E-state index in [4.69, 9.17) is 10.2 Å². The van der Waals surface area contributed by atoms with Gasteiger partial charge in [-0.3, -0.25) is 4.79 Å². The van der Waals surface area contributed by atoms with Gasteiger partial charge in [0.15, 0.2) is 0 Å². The number of carboxylic acids is 1. The lowest BCUT2D eigenvalue weighted by Crippen LogP contribution is -2.41. The van der Waals surface area contributed by atoms with E-state index in [1.807, 2.05) is 5.32 Å². The fraction of sp³-hybridized carbons (Fsp3) is 0.333. The molecule has 0 radical (unpaired) electrons. The summed E-state index contributed by atoms with van der Waals surface area (Å²) in [5, 5.41) is 19.5. The first kappa shape index (κ1) is 16.0. The van der Waals surface area contributed by atoms with Crippen LogP contribution in [-0.2, 0) is 11.0 Å². The fourth-order valence-corrected chi connectivity index (χ4v) is 1.46. The Kier molecular flexibility index (Phi) is 5.09. The van der Waals surface area contributed by atoms with Crippen LogP contribution in [0, 0.1) is 0 Å². The lowest BCUT2D eigenvalue weighted by molar-refractivity contribution is -0.140. The zero-order valence-electron chi connectivity index (χ0n) is 10.1. The van der Waals surface area contributed by atoms with Gasteiger partial charge in [-0.2, -0.15) is 13.2 Å². The summed E-state index contributed by atoms with van der Waals surface area (Å²) < 4.78 is 37.5. The minimum atomic E-state index is -4.59. The standard InChI is InChI=1S/C12H12F3NO4/c13-12(14,15)8-3-1-2-7(6-8)10(18)16-9(4-5-17)11(19)20/h1-3,6,9,17H,4-5H2,(H,16,18)(H,19,20)/t9-/m0/s1. The van der Waals surface area contributed by atoms with Gasteiger partial charge in [-0.25, -0.2) is 4.79 Å². The number of aliphatic hydroxyl groups is 1. The maximum absolute atomic E-state index is 12.5. The van der Waals surface area contributed by atoms with E-state index >= 15 is 0 Å². The quantitative estimate of drug-likeness (QED) is 0.762. The predicted molar refractivity (Wildman–Crippen MR) is 62.0 cm³/mol. The van der Waals surface area contributed by atoms with Crippen LogP contribution in [0.4, 0.5) is 13.2 Å². The Hall–Kier alpha value is -2.09. The van der Waals surface area contributed by atoms with Crippen molar-refractivity contribution in [1.82, 2.24) is 5.32 Å². The molecule has 0 spiro atoms. The van der Waals surface area contributed by atoms with Gasteiger partial charge in [0, 0.05) is 18.6 Å². The molecule has 0 unspecified atom stereocenters. The summed E-state index contributed by atoms with van der Waals surface area (Å²) >= 11 is 0. The van der Waals surface area contributed by atoms with Crippen LogP contribution < -0.4 is 5.32 Å². The van der Waals surface area contributed by atoms with Crippen molar-refractivity contribution in [1.29, 1.82) is 0 Å². The fourth-order valence-electron chi connectivity index (χ4n) is 1.46. The third-order valence-corrected chi connectivity index (χ3v) is 2.47. The van der Waals surface area contributed by atoms with Crippen molar-refractivity contribution in [3.63, 3.8) is 0 Å². The lowest BCUT2D eigenvalue weighted by Gasteiger charge is -2.14. The first-order valence-corrected chi connectivity index (χ1v) is 5.57. The van der Waals surface area contributed by atoms with E-state index in [1.54, 1.807) is 0 Å². The highest BCUT2D eigenvalue weighted by Crippen LogP contribution is 2.29. The molecule has 0 saturated heterocycles. The van der Waals surface area contributed by atoms with Crippen molar-refractivity contribution in [2.24, 2.45) is 0 Å². The Morgan fingerprint density at radius 2 is 1.95 bits per heavy atom. The third-order valence-electron chi connectivity index (χ3n) is 2.47. The van der Waals surface area contributed by atoms with Crippen LogP contribution >= 0.6 is 0 Å². The van der Waals surface area contributed by atoms with Gasteiger partial charge in [0.1, 0.15) is 6.04 Å². The van der Waals surface area contributed by atoms with Crippen molar-refractivity contribution in [2.75, 3.05) is 6.61 Å². The zero-order chi connectivity index (χ0) is 15.3. The van der Waals surface area contributed by atoms with Crippen LogP contribution in [0.5, 0.6) is 0 Å². The van der Waals surface area contributed by atoms with Crippen LogP contribution in [0.3, 0.4) is 0 Å². The van der Waals surface area contributed by atoms with Crippen molar-refractivity contribution in [3.8, 4) is 0 Å². The van der Waals surface area contributed by atoms with E-state index in [2.05, 4.69) is 0 Å². The highest BCUT2D eigenvalue weighted by Gasteiger charge is 2.31.